The number of rotatable bonds is 5. The number of carbonyl (C=O) groups excluding carboxylic acids is 1. The smallest absolute Gasteiger partial charge is 0.279 e. The number of sulfonamides is 1. The van der Waals surface area contributed by atoms with E-state index >= 15 is 0 Å². The molecule has 0 spiro atoms. The van der Waals surface area contributed by atoms with Crippen LogP contribution in [0.4, 0.5) is 0 Å². The van der Waals surface area contributed by atoms with Crippen LogP contribution in [0.15, 0.2) is 46.3 Å². The molecular weight excluding hydrogens is 470 g/mol. The summed E-state index contributed by atoms with van der Waals surface area (Å²) in [4.78, 5) is 17.7. The summed E-state index contributed by atoms with van der Waals surface area (Å²) in [6, 6.07) is 9.61. The van der Waals surface area contributed by atoms with Gasteiger partial charge >= 0.3 is 0 Å². The van der Waals surface area contributed by atoms with E-state index in [0.717, 1.165) is 28.6 Å². The monoisotopic (exact) mass is 493 g/mol. The van der Waals surface area contributed by atoms with Crippen molar-refractivity contribution in [2.45, 2.75) is 30.8 Å². The molecule has 32 heavy (non-hydrogen) atoms. The van der Waals surface area contributed by atoms with Crippen molar-refractivity contribution in [2.75, 3.05) is 20.2 Å². The lowest BCUT2D eigenvalue weighted by Crippen LogP contribution is -2.34. The molecule has 1 aliphatic heterocycles. The van der Waals surface area contributed by atoms with Crippen LogP contribution in [0.25, 0.3) is 10.2 Å². The van der Waals surface area contributed by atoms with Gasteiger partial charge in [-0.15, -0.1) is 0 Å². The number of carbonyl (C=O) groups is 1. The number of halogens is 1. The highest BCUT2D eigenvalue weighted by molar-refractivity contribution is 7.89. The molecule has 3 aromatic rings. The van der Waals surface area contributed by atoms with E-state index in [1.165, 1.54) is 39.9 Å². The first-order valence-corrected chi connectivity index (χ1v) is 12.8. The van der Waals surface area contributed by atoms with Gasteiger partial charge in [-0.1, -0.05) is 22.9 Å². The lowest BCUT2D eigenvalue weighted by molar-refractivity contribution is 0.0979. The summed E-state index contributed by atoms with van der Waals surface area (Å²) in [6.45, 7) is 2.91. The van der Waals surface area contributed by atoms with Crippen molar-refractivity contribution < 1.29 is 17.9 Å². The molecule has 7 nitrogen and oxygen atoms in total. The second-order valence-corrected chi connectivity index (χ2v) is 11.3. The summed E-state index contributed by atoms with van der Waals surface area (Å²) in [5.74, 6) is -0.437. The van der Waals surface area contributed by atoms with Gasteiger partial charge in [0.2, 0.25) is 10.0 Å². The van der Waals surface area contributed by atoms with E-state index in [1.807, 2.05) is 30.7 Å². The van der Waals surface area contributed by atoms with Crippen molar-refractivity contribution >= 4 is 49.1 Å². The van der Waals surface area contributed by atoms with Crippen LogP contribution in [0.5, 0.6) is 0 Å². The molecule has 10 heteroatoms. The van der Waals surface area contributed by atoms with Crippen LogP contribution in [0, 0.1) is 6.92 Å². The van der Waals surface area contributed by atoms with Crippen LogP contribution in [0.2, 0.25) is 5.02 Å². The van der Waals surface area contributed by atoms with Gasteiger partial charge in [0.1, 0.15) is 0 Å². The van der Waals surface area contributed by atoms with E-state index in [1.54, 1.807) is 7.05 Å². The number of ether oxygens (including phenoxy) is 1. The van der Waals surface area contributed by atoms with Gasteiger partial charge in [-0.2, -0.15) is 9.30 Å². The van der Waals surface area contributed by atoms with Crippen molar-refractivity contribution in [1.82, 2.24) is 8.87 Å². The zero-order valence-corrected chi connectivity index (χ0v) is 20.4. The van der Waals surface area contributed by atoms with Gasteiger partial charge in [0.15, 0.2) is 4.80 Å². The maximum atomic E-state index is 12.8. The molecule has 0 aliphatic carbocycles. The minimum atomic E-state index is -3.66. The Labute approximate surface area is 196 Å². The van der Waals surface area contributed by atoms with Crippen LogP contribution >= 0.6 is 22.9 Å². The van der Waals surface area contributed by atoms with E-state index in [4.69, 9.17) is 16.3 Å². The number of aryl methyl sites for hydroxylation is 2. The molecular formula is C22H24ClN3O4S2. The van der Waals surface area contributed by atoms with Gasteiger partial charge < -0.3 is 9.30 Å². The first-order valence-electron chi connectivity index (χ1n) is 10.2. The first kappa shape index (κ1) is 23.1. The number of thiazole rings is 1. The van der Waals surface area contributed by atoms with Crippen LogP contribution in [-0.2, 0) is 21.8 Å². The van der Waals surface area contributed by atoms with E-state index in [2.05, 4.69) is 4.99 Å². The molecule has 0 bridgehead atoms. The summed E-state index contributed by atoms with van der Waals surface area (Å²) >= 11 is 7.62. The Bertz CT molecular complexity index is 1340. The van der Waals surface area contributed by atoms with Crippen LogP contribution in [0.3, 0.4) is 0 Å². The Hall–Kier alpha value is -2.04. The van der Waals surface area contributed by atoms with Crippen molar-refractivity contribution in [3.63, 3.8) is 0 Å². The largest absolute Gasteiger partial charge is 0.377 e. The van der Waals surface area contributed by atoms with Gasteiger partial charge in [0, 0.05) is 37.8 Å². The van der Waals surface area contributed by atoms with Crippen molar-refractivity contribution in [3.8, 4) is 0 Å². The van der Waals surface area contributed by atoms with E-state index < -0.39 is 15.9 Å². The second kappa shape index (κ2) is 9.07. The number of amides is 1. The third-order valence-corrected chi connectivity index (χ3v) is 8.99. The van der Waals surface area contributed by atoms with Crippen LogP contribution < -0.4 is 4.80 Å². The molecule has 0 radical (unpaired) electrons. The van der Waals surface area contributed by atoms with Crippen molar-refractivity contribution in [2.24, 2.45) is 12.0 Å². The Kier molecular flexibility index (Phi) is 6.56. The average Bonchev–Trinajstić information content (AvgIpc) is 3.39. The molecule has 170 valence electrons. The molecule has 1 aromatic heterocycles. The predicted molar refractivity (Wildman–Crippen MR) is 126 cm³/mol. The molecule has 1 aliphatic rings. The minimum absolute atomic E-state index is 0.0741. The fraction of sp³-hybridized carbons (Fsp3) is 0.364. The molecule has 1 saturated heterocycles. The second-order valence-electron chi connectivity index (χ2n) is 7.82. The summed E-state index contributed by atoms with van der Waals surface area (Å²) in [5, 5.41) is 0.657. The predicted octanol–water partition coefficient (Wildman–Crippen LogP) is 3.74. The van der Waals surface area contributed by atoms with E-state index in [-0.39, 0.29) is 11.0 Å². The molecule has 2 aromatic carbocycles. The fourth-order valence-electron chi connectivity index (χ4n) is 3.78. The van der Waals surface area contributed by atoms with Gasteiger partial charge in [-0.3, -0.25) is 4.79 Å². The molecule has 0 saturated carbocycles. The summed E-state index contributed by atoms with van der Waals surface area (Å²) in [6.07, 6.45) is 1.73. The topological polar surface area (TPSA) is 81.0 Å². The number of hydrogen-bond acceptors (Lipinski definition) is 5. The molecule has 1 atom stereocenters. The lowest BCUT2D eigenvalue weighted by Gasteiger charge is -2.20. The lowest BCUT2D eigenvalue weighted by atomic mass is 10.2. The maximum Gasteiger partial charge on any atom is 0.279 e. The quantitative estimate of drug-likeness (QED) is 0.542. The molecule has 1 fully saturated rings. The van der Waals surface area contributed by atoms with Crippen LogP contribution in [-0.4, -0.2) is 49.5 Å². The number of fused-ring (bicyclic) bond motifs is 1. The number of benzene rings is 2. The molecule has 1 unspecified atom stereocenters. The number of hydrogen-bond donors (Lipinski definition) is 0. The average molecular weight is 494 g/mol. The third-order valence-electron chi connectivity index (χ3n) is 5.64. The Morgan fingerprint density at radius 3 is 2.66 bits per heavy atom. The van der Waals surface area contributed by atoms with Gasteiger partial charge in [0.05, 0.1) is 21.2 Å². The number of aromatic nitrogens is 1. The molecule has 2 heterocycles. The Balaban J connectivity index is 1.58. The Morgan fingerprint density at radius 2 is 2.00 bits per heavy atom. The standard InChI is InChI=1S/C22H24ClN3O4S2/c1-14-18(23)10-11-19-20(14)26(3)22(31-19)24-21(27)15-6-8-17(9-7-15)32(28,29)25(2)13-16-5-4-12-30-16/h6-11,16H,4-5,12-13H2,1-3H3. The molecule has 0 N–H and O–H groups in total. The van der Waals surface area contributed by atoms with Crippen molar-refractivity contribution in [1.29, 1.82) is 0 Å². The summed E-state index contributed by atoms with van der Waals surface area (Å²) < 4.78 is 35.4. The first-order chi connectivity index (χ1) is 15.2. The van der Waals surface area contributed by atoms with E-state index in [9.17, 15) is 13.2 Å². The van der Waals surface area contributed by atoms with Gasteiger partial charge in [-0.25, -0.2) is 8.42 Å². The summed E-state index contributed by atoms with van der Waals surface area (Å²) in [5.41, 5.74) is 2.18. The highest BCUT2D eigenvalue weighted by Gasteiger charge is 2.26. The van der Waals surface area contributed by atoms with Crippen molar-refractivity contribution in [3.05, 3.63) is 57.3 Å². The fourth-order valence-corrected chi connectivity index (χ4v) is 6.22. The summed E-state index contributed by atoms with van der Waals surface area (Å²) in [7, 11) is -0.280. The van der Waals surface area contributed by atoms with E-state index in [0.29, 0.717) is 28.5 Å². The molecule has 1 amide bonds. The highest BCUT2D eigenvalue weighted by Crippen LogP contribution is 2.26. The van der Waals surface area contributed by atoms with Gasteiger partial charge in [-0.05, 0) is 61.7 Å². The molecule has 4 rings (SSSR count). The zero-order valence-electron chi connectivity index (χ0n) is 18.0. The van der Waals surface area contributed by atoms with Crippen LogP contribution in [0.1, 0.15) is 28.8 Å². The number of nitrogens with zero attached hydrogens (tertiary/aromatic N) is 3. The minimum Gasteiger partial charge on any atom is -0.377 e. The highest BCUT2D eigenvalue weighted by atomic mass is 35.5. The maximum absolute atomic E-state index is 12.8. The SMILES string of the molecule is Cc1c(Cl)ccc2sc(=NC(=O)c3ccc(S(=O)(=O)N(C)CC4CCCO4)cc3)n(C)c12. The zero-order chi connectivity index (χ0) is 23.0. The normalized spacial score (nSPS) is 17.5. The number of likely N-dealkylation sites (N-methyl/N-ethyl adjacent to an activating group) is 1. The third kappa shape index (κ3) is 4.40. The Morgan fingerprint density at radius 1 is 1.28 bits per heavy atom. The van der Waals surface area contributed by atoms with Gasteiger partial charge in [0.25, 0.3) is 5.91 Å².